The van der Waals surface area contributed by atoms with Gasteiger partial charge in [0.05, 0.1) is 0 Å². The first-order chi connectivity index (χ1) is 22.1. The zero-order valence-electron chi connectivity index (χ0n) is 25.5. The molecule has 0 heterocycles. The van der Waals surface area contributed by atoms with Crippen LogP contribution >= 0.6 is 0 Å². The van der Waals surface area contributed by atoms with E-state index in [0.29, 0.717) is 0 Å². The Bertz CT molecular complexity index is 2400. The van der Waals surface area contributed by atoms with Crippen molar-refractivity contribution in [2.45, 2.75) is 19.3 Å². The maximum absolute atomic E-state index is 2.44. The van der Waals surface area contributed by atoms with Crippen LogP contribution in [0.25, 0.3) is 76.8 Å². The van der Waals surface area contributed by atoms with Crippen LogP contribution in [0, 0.1) is 0 Å². The largest absolute Gasteiger partial charge is 0.0619 e. The van der Waals surface area contributed by atoms with E-state index >= 15 is 0 Å². The highest BCUT2D eigenvalue weighted by Crippen LogP contribution is 2.51. The number of rotatable bonds is 3. The van der Waals surface area contributed by atoms with E-state index in [1.807, 2.05) is 0 Å². The minimum absolute atomic E-state index is 0.00900. The van der Waals surface area contributed by atoms with Crippen molar-refractivity contribution in [3.05, 3.63) is 169 Å². The van der Waals surface area contributed by atoms with Gasteiger partial charge in [-0.15, -0.1) is 0 Å². The molecule has 0 N–H and O–H groups in total. The molecule has 9 rings (SSSR count). The van der Waals surface area contributed by atoms with E-state index in [1.54, 1.807) is 0 Å². The van der Waals surface area contributed by atoms with Gasteiger partial charge < -0.3 is 0 Å². The van der Waals surface area contributed by atoms with Gasteiger partial charge in [0, 0.05) is 5.41 Å². The maximum atomic E-state index is 2.44. The first-order valence-corrected chi connectivity index (χ1v) is 15.9. The fourth-order valence-corrected chi connectivity index (χ4v) is 7.91. The van der Waals surface area contributed by atoms with Crippen LogP contribution in [-0.4, -0.2) is 0 Å². The smallest absolute Gasteiger partial charge is 0.0158 e. The molecule has 0 aromatic heterocycles. The summed E-state index contributed by atoms with van der Waals surface area (Å²) in [6.45, 7) is 4.70. The number of hydrogen-bond acceptors (Lipinski definition) is 0. The van der Waals surface area contributed by atoms with Crippen LogP contribution in [-0.2, 0) is 5.41 Å². The molecule has 212 valence electrons. The average molecular weight is 573 g/mol. The second-order valence-electron chi connectivity index (χ2n) is 12.9. The van der Waals surface area contributed by atoms with E-state index in [4.69, 9.17) is 0 Å². The molecule has 8 aromatic rings. The molecule has 0 spiro atoms. The molecule has 8 aromatic carbocycles. The average Bonchev–Trinajstić information content (AvgIpc) is 3.32. The van der Waals surface area contributed by atoms with E-state index < -0.39 is 0 Å². The van der Waals surface area contributed by atoms with Crippen LogP contribution in [0.4, 0.5) is 0 Å². The summed E-state index contributed by atoms with van der Waals surface area (Å²) in [4.78, 5) is 0. The summed E-state index contributed by atoms with van der Waals surface area (Å²) in [7, 11) is 0. The molecule has 0 fully saturated rings. The quantitative estimate of drug-likeness (QED) is 0.185. The molecule has 0 radical (unpaired) electrons. The van der Waals surface area contributed by atoms with Crippen LogP contribution in [0.1, 0.15) is 25.0 Å². The van der Waals surface area contributed by atoms with Gasteiger partial charge >= 0.3 is 0 Å². The van der Waals surface area contributed by atoms with Gasteiger partial charge in [-0.1, -0.05) is 159 Å². The van der Waals surface area contributed by atoms with Gasteiger partial charge in [0.15, 0.2) is 0 Å². The summed E-state index contributed by atoms with van der Waals surface area (Å²) < 4.78 is 0. The van der Waals surface area contributed by atoms with Crippen molar-refractivity contribution in [2.24, 2.45) is 0 Å². The van der Waals surface area contributed by atoms with Crippen molar-refractivity contribution in [2.75, 3.05) is 0 Å². The molecule has 1 aliphatic carbocycles. The van der Waals surface area contributed by atoms with Crippen molar-refractivity contribution in [1.82, 2.24) is 0 Å². The van der Waals surface area contributed by atoms with Crippen molar-refractivity contribution in [3.8, 4) is 44.5 Å². The van der Waals surface area contributed by atoms with Gasteiger partial charge in [0.25, 0.3) is 0 Å². The van der Waals surface area contributed by atoms with Crippen LogP contribution in [0.2, 0.25) is 0 Å². The molecule has 0 atom stereocenters. The molecule has 0 nitrogen and oxygen atoms in total. The molecule has 45 heavy (non-hydrogen) atoms. The van der Waals surface area contributed by atoms with E-state index in [1.165, 1.54) is 88.0 Å². The molecular formula is C45H32. The van der Waals surface area contributed by atoms with E-state index in [9.17, 15) is 0 Å². The summed E-state index contributed by atoms with van der Waals surface area (Å²) in [6.07, 6.45) is 0. The lowest BCUT2D eigenvalue weighted by atomic mass is 9.81. The zero-order valence-corrected chi connectivity index (χ0v) is 25.5. The van der Waals surface area contributed by atoms with Crippen LogP contribution in [0.5, 0.6) is 0 Å². The third-order valence-corrected chi connectivity index (χ3v) is 10.1. The highest BCUT2D eigenvalue weighted by molar-refractivity contribution is 6.22. The monoisotopic (exact) mass is 572 g/mol. The van der Waals surface area contributed by atoms with Gasteiger partial charge in [0.2, 0.25) is 0 Å². The van der Waals surface area contributed by atoms with Gasteiger partial charge in [-0.2, -0.15) is 0 Å². The second-order valence-corrected chi connectivity index (χ2v) is 12.9. The van der Waals surface area contributed by atoms with Crippen LogP contribution in [0.15, 0.2) is 158 Å². The SMILES string of the molecule is CC1(C)c2ccccc2-c2cc(-c3c4ccccc4c(-c4ccccc4-c4ccc5ccccc5c4)c4ccccc34)ccc21. The summed E-state index contributed by atoms with van der Waals surface area (Å²) >= 11 is 0. The first kappa shape index (κ1) is 26.0. The third-order valence-electron chi connectivity index (χ3n) is 10.1. The fourth-order valence-electron chi connectivity index (χ4n) is 7.91. The molecule has 0 saturated carbocycles. The predicted molar refractivity (Wildman–Crippen MR) is 193 cm³/mol. The Morgan fingerprint density at radius 3 is 1.56 bits per heavy atom. The Morgan fingerprint density at radius 2 is 0.844 bits per heavy atom. The molecular weight excluding hydrogens is 540 g/mol. The highest BCUT2D eigenvalue weighted by atomic mass is 14.4. The lowest BCUT2D eigenvalue weighted by Gasteiger charge is -2.22. The number of benzene rings is 8. The number of fused-ring (bicyclic) bond motifs is 6. The second kappa shape index (κ2) is 9.78. The van der Waals surface area contributed by atoms with Gasteiger partial charge in [-0.25, -0.2) is 0 Å². The standard InChI is InChI=1S/C45H32/c1-45(2)41-22-12-11-16-34(41)40-28-32(25-26-42(40)45)43-36-18-7-9-20-38(36)44(39-21-10-8-19-37(39)43)35-17-6-5-15-33(35)31-24-23-29-13-3-4-14-30(29)27-31/h3-28H,1-2H3. The predicted octanol–water partition coefficient (Wildman–Crippen LogP) is 12.5. The van der Waals surface area contributed by atoms with E-state index in [-0.39, 0.29) is 5.41 Å². The van der Waals surface area contributed by atoms with Crippen molar-refractivity contribution in [3.63, 3.8) is 0 Å². The minimum Gasteiger partial charge on any atom is -0.0619 e. The number of hydrogen-bond donors (Lipinski definition) is 0. The van der Waals surface area contributed by atoms with Crippen molar-refractivity contribution < 1.29 is 0 Å². The highest BCUT2D eigenvalue weighted by Gasteiger charge is 2.35. The van der Waals surface area contributed by atoms with Gasteiger partial charge in [-0.3, -0.25) is 0 Å². The molecule has 0 amide bonds. The van der Waals surface area contributed by atoms with E-state index in [0.717, 1.165) is 0 Å². The molecule has 0 bridgehead atoms. The Hall–Kier alpha value is -5.46. The topological polar surface area (TPSA) is 0 Å². The summed E-state index contributed by atoms with van der Waals surface area (Å²) in [5.74, 6) is 0. The summed E-state index contributed by atoms with van der Waals surface area (Å²) in [6, 6.07) is 58.4. The Balaban J connectivity index is 1.33. The Kier molecular flexibility index (Phi) is 5.64. The molecule has 0 heteroatoms. The van der Waals surface area contributed by atoms with Crippen LogP contribution in [0.3, 0.4) is 0 Å². The molecule has 0 unspecified atom stereocenters. The van der Waals surface area contributed by atoms with Crippen molar-refractivity contribution in [1.29, 1.82) is 0 Å². The Labute approximate surface area is 264 Å². The zero-order chi connectivity index (χ0) is 30.1. The fraction of sp³-hybridized carbons (Fsp3) is 0.0667. The van der Waals surface area contributed by atoms with Crippen molar-refractivity contribution >= 4 is 32.3 Å². The van der Waals surface area contributed by atoms with Gasteiger partial charge in [0.1, 0.15) is 0 Å². The molecule has 1 aliphatic rings. The first-order valence-electron chi connectivity index (χ1n) is 15.9. The van der Waals surface area contributed by atoms with E-state index in [2.05, 4.69) is 172 Å². The summed E-state index contributed by atoms with van der Waals surface area (Å²) in [5, 5.41) is 7.65. The minimum atomic E-state index is -0.00900. The van der Waals surface area contributed by atoms with Crippen LogP contribution < -0.4 is 0 Å². The Morgan fingerprint density at radius 1 is 0.333 bits per heavy atom. The summed E-state index contributed by atoms with van der Waals surface area (Å²) in [5.41, 5.74) is 13.1. The maximum Gasteiger partial charge on any atom is 0.0158 e. The molecule has 0 saturated heterocycles. The third kappa shape index (κ3) is 3.85. The molecule has 0 aliphatic heterocycles. The lowest BCUT2D eigenvalue weighted by Crippen LogP contribution is -2.14. The van der Waals surface area contributed by atoms with Gasteiger partial charge in [-0.05, 0) is 100 Å². The lowest BCUT2D eigenvalue weighted by molar-refractivity contribution is 0.660. The normalized spacial score (nSPS) is 13.3.